The molecule has 1 heteroatoms. The summed E-state index contributed by atoms with van der Waals surface area (Å²) in [5.74, 6) is 2.04. The molecule has 1 nitrogen and oxygen atoms in total. The molecule has 0 aliphatic heterocycles. The van der Waals surface area contributed by atoms with Crippen LogP contribution in [0.3, 0.4) is 0 Å². The smallest absolute Gasteiger partial charge is 0.126 e. The summed E-state index contributed by atoms with van der Waals surface area (Å²) in [7, 11) is 0. The van der Waals surface area contributed by atoms with Crippen molar-refractivity contribution in [1.29, 1.82) is 0 Å². The van der Waals surface area contributed by atoms with E-state index in [4.69, 9.17) is 4.74 Å². The fraction of sp³-hybridized carbons (Fsp3) is 0.579. The molecule has 0 spiro atoms. The van der Waals surface area contributed by atoms with Gasteiger partial charge in [0.2, 0.25) is 0 Å². The van der Waals surface area contributed by atoms with Crippen LogP contribution in [0, 0.1) is 0 Å². The van der Waals surface area contributed by atoms with E-state index >= 15 is 0 Å². The van der Waals surface area contributed by atoms with Crippen molar-refractivity contribution in [3.8, 4) is 5.75 Å². The van der Waals surface area contributed by atoms with E-state index in [1.807, 2.05) is 30.3 Å². The monoisotopic (exact) mass is 274 g/mol. The van der Waals surface area contributed by atoms with Gasteiger partial charge in [-0.3, -0.25) is 0 Å². The number of rotatable bonds is 11. The van der Waals surface area contributed by atoms with Gasteiger partial charge in [0, 0.05) is 6.42 Å². The summed E-state index contributed by atoms with van der Waals surface area (Å²) in [6.07, 6.45) is 14.0. The largest absolute Gasteiger partial charge is 0.462 e. The molecule has 0 heterocycles. The number of hydrogen-bond acceptors (Lipinski definition) is 1. The normalized spacial score (nSPS) is 11.6. The lowest BCUT2D eigenvalue weighted by atomic mass is 10.1. The minimum atomic E-state index is 0.945. The van der Waals surface area contributed by atoms with Crippen molar-refractivity contribution in [3.63, 3.8) is 0 Å². The maximum atomic E-state index is 5.88. The molecule has 0 aliphatic carbocycles. The molecule has 0 aromatic heterocycles. The second-order valence-electron chi connectivity index (χ2n) is 5.39. The molecular weight excluding hydrogens is 244 g/mol. The fourth-order valence-corrected chi connectivity index (χ4v) is 2.33. The van der Waals surface area contributed by atoms with Crippen LogP contribution in [-0.4, -0.2) is 0 Å². The first-order chi connectivity index (χ1) is 9.86. The highest BCUT2D eigenvalue weighted by Gasteiger charge is 2.00. The Bertz CT molecular complexity index is 353. The first-order valence-electron chi connectivity index (χ1n) is 8.25. The van der Waals surface area contributed by atoms with E-state index in [1.165, 1.54) is 51.4 Å². The van der Waals surface area contributed by atoms with Crippen LogP contribution in [0.5, 0.6) is 5.75 Å². The molecule has 0 saturated carbocycles. The van der Waals surface area contributed by atoms with Gasteiger partial charge in [-0.15, -0.1) is 0 Å². The standard InChI is InChI=1S/C19H30O/c1-3-5-6-7-8-9-10-12-15-18(4-2)20-19-16-13-11-14-17-19/h4,11,13-14,16-17H,3,5-10,12,15H2,1-2H3. The highest BCUT2D eigenvalue weighted by atomic mass is 16.5. The summed E-state index contributed by atoms with van der Waals surface area (Å²) in [5.41, 5.74) is 0. The van der Waals surface area contributed by atoms with Crippen LogP contribution in [0.2, 0.25) is 0 Å². The highest BCUT2D eigenvalue weighted by molar-refractivity contribution is 5.23. The Morgan fingerprint density at radius 1 is 0.900 bits per heavy atom. The van der Waals surface area contributed by atoms with Crippen LogP contribution in [0.4, 0.5) is 0 Å². The van der Waals surface area contributed by atoms with Gasteiger partial charge in [0.05, 0.1) is 5.76 Å². The van der Waals surface area contributed by atoms with Gasteiger partial charge in [-0.05, 0) is 31.6 Å². The Morgan fingerprint density at radius 3 is 2.10 bits per heavy atom. The first kappa shape index (κ1) is 16.8. The molecule has 1 aromatic rings. The topological polar surface area (TPSA) is 9.23 Å². The van der Waals surface area contributed by atoms with E-state index in [2.05, 4.69) is 19.9 Å². The van der Waals surface area contributed by atoms with Crippen molar-refractivity contribution in [2.45, 2.75) is 71.6 Å². The molecular formula is C19H30O. The number of unbranched alkanes of at least 4 members (excludes halogenated alkanes) is 7. The van der Waals surface area contributed by atoms with Gasteiger partial charge in [-0.25, -0.2) is 0 Å². The maximum Gasteiger partial charge on any atom is 0.126 e. The van der Waals surface area contributed by atoms with Crippen LogP contribution in [0.1, 0.15) is 71.6 Å². The zero-order valence-corrected chi connectivity index (χ0v) is 13.2. The third kappa shape index (κ3) is 8.04. The van der Waals surface area contributed by atoms with Crippen molar-refractivity contribution in [2.24, 2.45) is 0 Å². The van der Waals surface area contributed by atoms with Crippen LogP contribution in [0.25, 0.3) is 0 Å². The molecule has 1 rings (SSSR count). The van der Waals surface area contributed by atoms with Crippen molar-refractivity contribution in [2.75, 3.05) is 0 Å². The van der Waals surface area contributed by atoms with E-state index in [-0.39, 0.29) is 0 Å². The van der Waals surface area contributed by atoms with Gasteiger partial charge in [-0.1, -0.05) is 70.1 Å². The Hall–Kier alpha value is -1.24. The molecule has 112 valence electrons. The quantitative estimate of drug-likeness (QED) is 0.330. The molecule has 0 amide bonds. The van der Waals surface area contributed by atoms with E-state index in [0.717, 1.165) is 17.9 Å². The molecule has 0 bridgehead atoms. The zero-order valence-electron chi connectivity index (χ0n) is 13.2. The fourth-order valence-electron chi connectivity index (χ4n) is 2.33. The molecule has 20 heavy (non-hydrogen) atoms. The molecule has 0 radical (unpaired) electrons. The minimum absolute atomic E-state index is 0.945. The number of benzene rings is 1. The highest BCUT2D eigenvalue weighted by Crippen LogP contribution is 2.18. The van der Waals surface area contributed by atoms with Gasteiger partial charge in [-0.2, -0.15) is 0 Å². The predicted molar refractivity (Wildman–Crippen MR) is 88.1 cm³/mol. The van der Waals surface area contributed by atoms with Crippen molar-refractivity contribution in [3.05, 3.63) is 42.2 Å². The number of ether oxygens (including phenoxy) is 1. The van der Waals surface area contributed by atoms with Crippen LogP contribution in [-0.2, 0) is 0 Å². The second kappa shape index (κ2) is 11.6. The Labute approximate surface area is 125 Å². The molecule has 0 unspecified atom stereocenters. The summed E-state index contributed by atoms with van der Waals surface area (Å²) < 4.78 is 5.88. The van der Waals surface area contributed by atoms with Gasteiger partial charge in [0.1, 0.15) is 5.75 Å². The van der Waals surface area contributed by atoms with Crippen molar-refractivity contribution in [1.82, 2.24) is 0 Å². The Balaban J connectivity index is 2.07. The summed E-state index contributed by atoms with van der Waals surface area (Å²) >= 11 is 0. The van der Waals surface area contributed by atoms with E-state index in [1.54, 1.807) is 0 Å². The SMILES string of the molecule is CC=C(CCCCCCCCCC)Oc1ccccc1. The lowest BCUT2D eigenvalue weighted by molar-refractivity contribution is 0.394. The molecule has 0 fully saturated rings. The molecule has 0 atom stereocenters. The second-order valence-corrected chi connectivity index (χ2v) is 5.39. The third-order valence-corrected chi connectivity index (χ3v) is 3.59. The van der Waals surface area contributed by atoms with Crippen molar-refractivity contribution < 1.29 is 4.74 Å². The zero-order chi connectivity index (χ0) is 14.5. The minimum Gasteiger partial charge on any atom is -0.462 e. The molecule has 0 saturated heterocycles. The molecule has 1 aromatic carbocycles. The average Bonchev–Trinajstić information content (AvgIpc) is 2.49. The van der Waals surface area contributed by atoms with E-state index in [9.17, 15) is 0 Å². The lowest BCUT2D eigenvalue weighted by Gasteiger charge is -2.09. The molecule has 0 aliphatic rings. The summed E-state index contributed by atoms with van der Waals surface area (Å²) in [4.78, 5) is 0. The number of allylic oxidation sites excluding steroid dienone is 2. The first-order valence-corrected chi connectivity index (χ1v) is 8.25. The van der Waals surface area contributed by atoms with Gasteiger partial charge in [0.15, 0.2) is 0 Å². The summed E-state index contributed by atoms with van der Waals surface area (Å²) in [6.45, 7) is 4.33. The van der Waals surface area contributed by atoms with Crippen molar-refractivity contribution >= 4 is 0 Å². The lowest BCUT2D eigenvalue weighted by Crippen LogP contribution is -1.95. The van der Waals surface area contributed by atoms with E-state index < -0.39 is 0 Å². The third-order valence-electron chi connectivity index (χ3n) is 3.59. The Kier molecular flexibility index (Phi) is 9.73. The van der Waals surface area contributed by atoms with Crippen LogP contribution < -0.4 is 4.74 Å². The summed E-state index contributed by atoms with van der Waals surface area (Å²) in [5, 5.41) is 0. The van der Waals surface area contributed by atoms with Gasteiger partial charge >= 0.3 is 0 Å². The Morgan fingerprint density at radius 2 is 1.50 bits per heavy atom. The van der Waals surface area contributed by atoms with Crippen LogP contribution >= 0.6 is 0 Å². The summed E-state index contributed by atoms with van der Waals surface area (Å²) in [6, 6.07) is 10.1. The van der Waals surface area contributed by atoms with E-state index in [0.29, 0.717) is 0 Å². The van der Waals surface area contributed by atoms with Gasteiger partial charge < -0.3 is 4.74 Å². The van der Waals surface area contributed by atoms with Gasteiger partial charge in [0.25, 0.3) is 0 Å². The average molecular weight is 274 g/mol. The maximum absolute atomic E-state index is 5.88. The van der Waals surface area contributed by atoms with Crippen LogP contribution in [0.15, 0.2) is 42.2 Å². The molecule has 0 N–H and O–H groups in total. The number of hydrogen-bond donors (Lipinski definition) is 0. The number of para-hydroxylation sites is 1. The predicted octanol–water partition coefficient (Wildman–Crippen LogP) is 6.50.